The summed E-state index contributed by atoms with van der Waals surface area (Å²) in [6.45, 7) is 4.03. The summed E-state index contributed by atoms with van der Waals surface area (Å²) in [7, 11) is 0. The number of aromatic nitrogens is 6. The summed E-state index contributed by atoms with van der Waals surface area (Å²) in [5, 5.41) is 16.7. The number of carbonyl (C=O) groups excluding carboxylic acids is 1. The highest BCUT2D eigenvalue weighted by Gasteiger charge is 2.17. The first-order chi connectivity index (χ1) is 16.2. The van der Waals surface area contributed by atoms with Gasteiger partial charge in [-0.05, 0) is 24.3 Å². The van der Waals surface area contributed by atoms with E-state index < -0.39 is 0 Å². The minimum atomic E-state index is -0.223. The quantitative estimate of drug-likeness (QED) is 0.298. The molecule has 0 saturated carbocycles. The Morgan fingerprint density at radius 1 is 1.06 bits per heavy atom. The second kappa shape index (κ2) is 8.75. The van der Waals surface area contributed by atoms with E-state index in [0.717, 1.165) is 5.69 Å². The third-order valence-corrected chi connectivity index (χ3v) is 5.93. The molecule has 5 aromatic rings. The number of anilines is 1. The number of amides is 1. The zero-order valence-corrected chi connectivity index (χ0v) is 18.3. The molecule has 0 fully saturated rings. The van der Waals surface area contributed by atoms with E-state index in [4.69, 9.17) is 0 Å². The van der Waals surface area contributed by atoms with Crippen molar-refractivity contribution in [3.63, 3.8) is 0 Å². The van der Waals surface area contributed by atoms with Crippen LogP contribution in [0.2, 0.25) is 0 Å². The van der Waals surface area contributed by atoms with Crippen LogP contribution in [0.15, 0.2) is 89.5 Å². The lowest BCUT2D eigenvalue weighted by Gasteiger charge is -2.09. The third-order valence-electron chi connectivity index (χ3n) is 5.00. The molecular formula is C23H19N7O2S. The van der Waals surface area contributed by atoms with Gasteiger partial charge in [0.2, 0.25) is 11.7 Å². The molecule has 1 N–H and O–H groups in total. The van der Waals surface area contributed by atoms with Crippen LogP contribution in [-0.4, -0.2) is 40.6 Å². The molecule has 0 saturated heterocycles. The molecule has 0 atom stereocenters. The van der Waals surface area contributed by atoms with Crippen LogP contribution < -0.4 is 10.9 Å². The predicted octanol–water partition coefficient (Wildman–Crippen LogP) is 3.15. The van der Waals surface area contributed by atoms with E-state index in [1.165, 1.54) is 16.3 Å². The monoisotopic (exact) mass is 457 g/mol. The second-order valence-corrected chi connectivity index (χ2v) is 8.10. The minimum Gasteiger partial charge on any atom is -0.308 e. The topological polar surface area (TPSA) is 99.1 Å². The second-order valence-electron chi connectivity index (χ2n) is 7.16. The molecule has 9 nitrogen and oxygen atoms in total. The van der Waals surface area contributed by atoms with E-state index in [2.05, 4.69) is 27.2 Å². The standard InChI is InChI=1S/C23H19N7O2S/c1-2-13-28-21(32)17-10-6-7-11-18(17)30-22(28)25-26-23(30)33-15-20(31)24-19-12-14-29(27-19)16-8-4-3-5-9-16/h2-12,14H,1,13,15H2,(H,24,27,31). The Hall–Kier alpha value is -4.18. The lowest BCUT2D eigenvalue weighted by atomic mass is 10.2. The van der Waals surface area contributed by atoms with E-state index in [1.54, 1.807) is 33.5 Å². The molecule has 0 radical (unpaired) electrons. The number of para-hydroxylation sites is 2. The van der Waals surface area contributed by atoms with Crippen LogP contribution in [-0.2, 0) is 11.3 Å². The van der Waals surface area contributed by atoms with Gasteiger partial charge < -0.3 is 5.32 Å². The number of hydrogen-bond acceptors (Lipinski definition) is 6. The zero-order chi connectivity index (χ0) is 22.8. The van der Waals surface area contributed by atoms with Crippen molar-refractivity contribution in [1.82, 2.24) is 28.9 Å². The van der Waals surface area contributed by atoms with Crippen molar-refractivity contribution in [3.8, 4) is 5.69 Å². The highest BCUT2D eigenvalue weighted by molar-refractivity contribution is 7.99. The summed E-state index contributed by atoms with van der Waals surface area (Å²) < 4.78 is 5.00. The average molecular weight is 458 g/mol. The molecule has 33 heavy (non-hydrogen) atoms. The molecule has 0 unspecified atom stereocenters. The van der Waals surface area contributed by atoms with Crippen molar-refractivity contribution in [2.24, 2.45) is 0 Å². The Morgan fingerprint density at radius 2 is 1.85 bits per heavy atom. The number of nitrogens with zero attached hydrogens (tertiary/aromatic N) is 6. The minimum absolute atomic E-state index is 0.105. The molecular weight excluding hydrogens is 438 g/mol. The molecule has 3 heterocycles. The van der Waals surface area contributed by atoms with Crippen LogP contribution in [0.5, 0.6) is 0 Å². The molecule has 0 aliphatic rings. The molecule has 5 rings (SSSR count). The smallest absolute Gasteiger partial charge is 0.263 e. The van der Waals surface area contributed by atoms with Crippen LogP contribution in [0.25, 0.3) is 22.4 Å². The van der Waals surface area contributed by atoms with Crippen LogP contribution in [0.1, 0.15) is 0 Å². The number of allylic oxidation sites excluding steroid dienone is 1. The number of thioether (sulfide) groups is 1. The first-order valence-electron chi connectivity index (χ1n) is 10.2. The van der Waals surface area contributed by atoms with Crippen molar-refractivity contribution >= 4 is 40.2 Å². The predicted molar refractivity (Wildman–Crippen MR) is 128 cm³/mol. The van der Waals surface area contributed by atoms with Crippen molar-refractivity contribution in [3.05, 3.63) is 89.9 Å². The van der Waals surface area contributed by atoms with E-state index >= 15 is 0 Å². The van der Waals surface area contributed by atoms with Gasteiger partial charge in [-0.1, -0.05) is 48.2 Å². The highest BCUT2D eigenvalue weighted by atomic mass is 32.2. The van der Waals surface area contributed by atoms with Gasteiger partial charge >= 0.3 is 0 Å². The number of nitrogens with one attached hydrogen (secondary N) is 1. The fraction of sp³-hybridized carbons (Fsp3) is 0.0870. The summed E-state index contributed by atoms with van der Waals surface area (Å²) in [4.78, 5) is 25.4. The molecule has 3 aromatic heterocycles. The van der Waals surface area contributed by atoms with Gasteiger partial charge in [-0.15, -0.1) is 16.8 Å². The van der Waals surface area contributed by atoms with E-state index in [0.29, 0.717) is 34.2 Å². The van der Waals surface area contributed by atoms with Gasteiger partial charge in [-0.3, -0.25) is 18.6 Å². The fourth-order valence-electron chi connectivity index (χ4n) is 3.54. The van der Waals surface area contributed by atoms with Crippen LogP contribution >= 0.6 is 11.8 Å². The maximum atomic E-state index is 12.9. The fourth-order valence-corrected chi connectivity index (χ4v) is 4.28. The van der Waals surface area contributed by atoms with Crippen molar-refractivity contribution < 1.29 is 4.79 Å². The van der Waals surface area contributed by atoms with E-state index in [-0.39, 0.29) is 17.2 Å². The van der Waals surface area contributed by atoms with Gasteiger partial charge in [0, 0.05) is 18.8 Å². The molecule has 0 aliphatic carbocycles. The largest absolute Gasteiger partial charge is 0.308 e. The maximum absolute atomic E-state index is 12.9. The average Bonchev–Trinajstić information content (AvgIpc) is 3.48. The molecule has 1 amide bonds. The summed E-state index contributed by atoms with van der Waals surface area (Å²) in [5.41, 5.74) is 1.43. The van der Waals surface area contributed by atoms with Gasteiger partial charge in [0.1, 0.15) is 0 Å². The number of carbonyl (C=O) groups is 1. The molecule has 10 heteroatoms. The first kappa shape index (κ1) is 20.7. The highest BCUT2D eigenvalue weighted by Crippen LogP contribution is 2.22. The number of fused-ring (bicyclic) bond motifs is 3. The Kier molecular flexibility index (Phi) is 5.49. The Morgan fingerprint density at radius 3 is 2.67 bits per heavy atom. The van der Waals surface area contributed by atoms with Crippen LogP contribution in [0.4, 0.5) is 5.82 Å². The van der Waals surface area contributed by atoms with Crippen molar-refractivity contribution in [1.29, 1.82) is 0 Å². The lowest BCUT2D eigenvalue weighted by molar-refractivity contribution is -0.113. The van der Waals surface area contributed by atoms with Gasteiger partial charge in [0.25, 0.3) is 5.56 Å². The number of benzene rings is 2. The van der Waals surface area contributed by atoms with Crippen molar-refractivity contribution in [2.75, 3.05) is 11.1 Å². The van der Waals surface area contributed by atoms with Crippen LogP contribution in [0, 0.1) is 0 Å². The van der Waals surface area contributed by atoms with Gasteiger partial charge in [-0.25, -0.2) is 4.68 Å². The summed E-state index contributed by atoms with van der Waals surface area (Å²) in [5.74, 6) is 0.746. The maximum Gasteiger partial charge on any atom is 0.263 e. The molecule has 0 spiro atoms. The molecule has 0 bridgehead atoms. The summed E-state index contributed by atoms with van der Waals surface area (Å²) in [6.07, 6.45) is 3.43. The Balaban J connectivity index is 1.38. The summed E-state index contributed by atoms with van der Waals surface area (Å²) in [6, 6.07) is 18.6. The lowest BCUT2D eigenvalue weighted by Crippen LogP contribution is -2.22. The van der Waals surface area contributed by atoms with Gasteiger partial charge in [0.05, 0.1) is 22.3 Å². The van der Waals surface area contributed by atoms with Gasteiger partial charge in [-0.2, -0.15) is 5.10 Å². The Labute approximate surface area is 192 Å². The van der Waals surface area contributed by atoms with Crippen molar-refractivity contribution in [2.45, 2.75) is 11.7 Å². The SMILES string of the molecule is C=CCn1c(=O)c2ccccc2n2c(SCC(=O)Nc3ccn(-c4ccccc4)n3)nnc12. The van der Waals surface area contributed by atoms with Crippen LogP contribution in [0.3, 0.4) is 0 Å². The molecule has 0 aliphatic heterocycles. The number of hydrogen-bond donors (Lipinski definition) is 1. The Bertz CT molecular complexity index is 1540. The van der Waals surface area contributed by atoms with Gasteiger partial charge in [0.15, 0.2) is 11.0 Å². The summed E-state index contributed by atoms with van der Waals surface area (Å²) >= 11 is 1.24. The molecule has 164 valence electrons. The first-order valence-corrected chi connectivity index (χ1v) is 11.2. The third kappa shape index (κ3) is 3.92. The normalized spacial score (nSPS) is 11.2. The molecule has 2 aromatic carbocycles. The number of rotatable bonds is 7. The van der Waals surface area contributed by atoms with E-state index in [9.17, 15) is 9.59 Å². The van der Waals surface area contributed by atoms with E-state index in [1.807, 2.05) is 48.5 Å². The zero-order valence-electron chi connectivity index (χ0n) is 17.5.